The Hall–Kier alpha value is -4.04. The molecule has 3 aromatic rings. The fraction of sp³-hybridized carbons (Fsp3) is 0.429. The Kier molecular flexibility index (Phi) is 4.37. The summed E-state index contributed by atoms with van der Waals surface area (Å²) < 4.78 is 36.7. The second-order valence-corrected chi connectivity index (χ2v) is 14.8. The average molecular weight is 592 g/mol. The first kappa shape index (κ1) is 24.5. The molecule has 7 aliphatic rings. The zero-order valence-corrected chi connectivity index (χ0v) is 23.2. The van der Waals surface area contributed by atoms with E-state index in [1.165, 1.54) is 6.07 Å². The maximum absolute atomic E-state index is 14.5. The van der Waals surface area contributed by atoms with E-state index in [4.69, 9.17) is 4.74 Å². The number of ether oxygens (including phenoxy) is 1. The molecule has 1 aliphatic heterocycles. The molecule has 14 heteroatoms. The van der Waals surface area contributed by atoms with Crippen molar-refractivity contribution in [3.05, 3.63) is 53.2 Å². The molecule has 12 nitrogen and oxygen atoms in total. The van der Waals surface area contributed by atoms with Crippen LogP contribution in [0.5, 0.6) is 5.75 Å². The molecule has 6 saturated carbocycles. The normalized spacial score (nSPS) is 36.3. The number of nitrogens with zero attached hydrogens (tertiary/aromatic N) is 3. The van der Waals surface area contributed by atoms with E-state index >= 15 is 0 Å². The Bertz CT molecular complexity index is 1870. The van der Waals surface area contributed by atoms with Crippen LogP contribution < -0.4 is 25.4 Å². The van der Waals surface area contributed by atoms with E-state index in [-0.39, 0.29) is 47.0 Å². The minimum Gasteiger partial charge on any atom is -0.482 e. The van der Waals surface area contributed by atoms with Crippen molar-refractivity contribution in [2.75, 3.05) is 24.7 Å². The minimum atomic E-state index is -2.27. The Balaban J connectivity index is 0.906. The predicted octanol–water partition coefficient (Wildman–Crippen LogP) is 0.200. The third kappa shape index (κ3) is 2.68. The molecule has 1 aromatic carbocycles. The smallest absolute Gasteiger partial charge is 0.270 e. The predicted molar refractivity (Wildman–Crippen MR) is 147 cm³/mol. The minimum absolute atomic E-state index is 0.00622. The molecule has 6 aliphatic carbocycles. The highest BCUT2D eigenvalue weighted by atomic mass is 32.2. The van der Waals surface area contributed by atoms with Crippen molar-refractivity contribution in [1.82, 2.24) is 30.0 Å². The SMILES string of the molecule is C=S(C)(=O)NC12C3C4C1C1C2C3C41CNC(=O)c1cc(C(=O)NCc2ccc3c(c2)NC(=O)CO3)nc2c(F)cnn12. The highest BCUT2D eigenvalue weighted by Crippen LogP contribution is 3.06. The zero-order valence-electron chi connectivity index (χ0n) is 22.3. The van der Waals surface area contributed by atoms with Crippen molar-refractivity contribution >= 4 is 44.6 Å². The molecule has 42 heavy (non-hydrogen) atoms. The number of benzene rings is 1. The van der Waals surface area contributed by atoms with Crippen molar-refractivity contribution in [3.8, 4) is 5.75 Å². The number of nitrogens with one attached hydrogen (secondary N) is 4. The largest absolute Gasteiger partial charge is 0.482 e. The molecule has 10 rings (SSSR count). The number of amides is 3. The van der Waals surface area contributed by atoms with Crippen LogP contribution in [0.4, 0.5) is 10.1 Å². The van der Waals surface area contributed by atoms with Gasteiger partial charge in [-0.3, -0.25) is 18.6 Å². The van der Waals surface area contributed by atoms with Crippen LogP contribution >= 0.6 is 0 Å². The third-order valence-corrected chi connectivity index (χ3v) is 11.6. The van der Waals surface area contributed by atoms with E-state index in [2.05, 4.69) is 36.6 Å². The Morgan fingerprint density at radius 3 is 2.62 bits per heavy atom. The van der Waals surface area contributed by atoms with Gasteiger partial charge in [0.15, 0.2) is 18.1 Å². The molecule has 216 valence electrons. The van der Waals surface area contributed by atoms with Gasteiger partial charge in [0, 0.05) is 40.7 Å². The summed E-state index contributed by atoms with van der Waals surface area (Å²) in [6, 6.07) is 6.46. The van der Waals surface area contributed by atoms with E-state index in [1.807, 2.05) is 0 Å². The second-order valence-electron chi connectivity index (χ2n) is 12.6. The molecular weight excluding hydrogens is 565 g/mol. The fourth-order valence-electron chi connectivity index (χ4n) is 9.73. The summed E-state index contributed by atoms with van der Waals surface area (Å²) in [6.07, 6.45) is 2.61. The van der Waals surface area contributed by atoms with E-state index in [0.29, 0.717) is 59.1 Å². The number of hydrogen-bond donors (Lipinski definition) is 4. The van der Waals surface area contributed by atoms with Gasteiger partial charge in [-0.2, -0.15) is 5.10 Å². The molecular formula is C28H26FN7O5S. The first-order chi connectivity index (χ1) is 20.0. The monoisotopic (exact) mass is 591 g/mol. The molecule has 1 atom stereocenters. The van der Waals surface area contributed by atoms with Gasteiger partial charge in [0.1, 0.15) is 17.1 Å². The van der Waals surface area contributed by atoms with Gasteiger partial charge in [-0.05, 0) is 64.5 Å². The molecule has 3 heterocycles. The van der Waals surface area contributed by atoms with E-state index < -0.39 is 27.3 Å². The van der Waals surface area contributed by atoms with Gasteiger partial charge in [0.25, 0.3) is 17.7 Å². The van der Waals surface area contributed by atoms with E-state index in [1.54, 1.807) is 24.5 Å². The van der Waals surface area contributed by atoms with Crippen LogP contribution in [0, 0.1) is 46.7 Å². The van der Waals surface area contributed by atoms with Gasteiger partial charge in [-0.15, -0.1) is 0 Å². The number of rotatable bonds is 8. The number of aromatic nitrogens is 3. The molecule has 3 amide bonds. The maximum Gasteiger partial charge on any atom is 0.270 e. The molecule has 0 spiro atoms. The lowest BCUT2D eigenvalue weighted by Crippen LogP contribution is -3.15. The Morgan fingerprint density at radius 2 is 1.90 bits per heavy atom. The summed E-state index contributed by atoms with van der Waals surface area (Å²) in [5, 5.41) is 12.5. The van der Waals surface area contributed by atoms with Gasteiger partial charge < -0.3 is 20.7 Å². The first-order valence-corrected chi connectivity index (χ1v) is 16.0. The number of hydrogen-bond acceptors (Lipinski definition) is 7. The molecule has 2 aromatic heterocycles. The van der Waals surface area contributed by atoms with Crippen molar-refractivity contribution in [2.24, 2.45) is 40.9 Å². The molecule has 6 fully saturated rings. The summed E-state index contributed by atoms with van der Waals surface area (Å²) in [5.74, 6) is 5.36. The van der Waals surface area contributed by atoms with E-state index in [9.17, 15) is 23.0 Å². The highest BCUT2D eigenvalue weighted by molar-refractivity contribution is 7.97. The van der Waals surface area contributed by atoms with Gasteiger partial charge in [-0.25, -0.2) is 18.6 Å². The summed E-state index contributed by atoms with van der Waals surface area (Å²) >= 11 is 0. The molecule has 0 bridgehead atoms. The lowest BCUT2D eigenvalue weighted by atomic mass is 8.94. The van der Waals surface area contributed by atoms with Crippen LogP contribution in [-0.4, -0.2) is 67.3 Å². The third-order valence-electron chi connectivity index (χ3n) is 10.8. The lowest BCUT2D eigenvalue weighted by Gasteiger charge is -3.11. The number of anilines is 1. The maximum atomic E-state index is 14.5. The van der Waals surface area contributed by atoms with Gasteiger partial charge in [0.05, 0.1) is 11.9 Å². The molecule has 4 N–H and O–H groups in total. The molecule has 1 unspecified atom stereocenters. The number of carbonyl (C=O) groups is 3. The van der Waals surface area contributed by atoms with Crippen LogP contribution in [0.25, 0.3) is 5.65 Å². The first-order valence-electron chi connectivity index (χ1n) is 13.8. The lowest BCUT2D eigenvalue weighted by molar-refractivity contribution is -0.621. The van der Waals surface area contributed by atoms with Crippen LogP contribution in [0.15, 0.2) is 30.5 Å². The zero-order chi connectivity index (χ0) is 28.9. The average Bonchev–Trinajstić information content (AvgIpc) is 3.34. The van der Waals surface area contributed by atoms with Gasteiger partial charge >= 0.3 is 0 Å². The Labute approximate surface area is 238 Å². The highest BCUT2D eigenvalue weighted by Gasteiger charge is 3.09. The van der Waals surface area contributed by atoms with Crippen LogP contribution in [-0.2, 0) is 21.0 Å². The van der Waals surface area contributed by atoms with E-state index in [0.717, 1.165) is 10.7 Å². The van der Waals surface area contributed by atoms with Gasteiger partial charge in [-0.1, -0.05) is 6.07 Å². The summed E-state index contributed by atoms with van der Waals surface area (Å²) in [5.41, 5.74) is 0.977. The van der Waals surface area contributed by atoms with Crippen LogP contribution in [0.1, 0.15) is 26.5 Å². The van der Waals surface area contributed by atoms with Crippen molar-refractivity contribution in [3.63, 3.8) is 0 Å². The quantitative estimate of drug-likeness (QED) is 0.273. The fourth-order valence-corrected chi connectivity index (χ4v) is 10.9. The number of fused-ring (bicyclic) bond motifs is 2. The van der Waals surface area contributed by atoms with Crippen molar-refractivity contribution < 1.29 is 27.7 Å². The summed E-state index contributed by atoms with van der Waals surface area (Å²) in [4.78, 5) is 42.2. The standard InChI is InChI=1S/C28H26FN7O5S/c1-42(2,40)35-28-21-18-22(28)20-23(28)19(21)27(18,20)10-31-26(39)15-6-14(34-24-12(29)8-32-36(15)24)25(38)30-7-11-3-4-16-13(5-11)33-17(37)9-41-16/h3-6,8,18-23H,1,7,9-10H2,2H3,(H,30,38)(H,31,39)(H,33,37)(H,35,40). The second kappa shape index (κ2) is 7.48. The van der Waals surface area contributed by atoms with Crippen molar-refractivity contribution in [1.29, 1.82) is 0 Å². The summed E-state index contributed by atoms with van der Waals surface area (Å²) in [6.45, 7) is 0.553. The molecule has 0 saturated heterocycles. The number of halogens is 1. The van der Waals surface area contributed by atoms with Crippen molar-refractivity contribution in [2.45, 2.75) is 12.1 Å². The van der Waals surface area contributed by atoms with Crippen LogP contribution in [0.3, 0.4) is 0 Å². The topological polar surface area (TPSA) is 156 Å². The summed E-state index contributed by atoms with van der Waals surface area (Å²) in [7, 11) is -2.27. The van der Waals surface area contributed by atoms with Gasteiger partial charge in [0.2, 0.25) is 0 Å². The number of carbonyl (C=O) groups excluding carboxylic acids is 3. The van der Waals surface area contributed by atoms with Crippen LogP contribution in [0.2, 0.25) is 0 Å². The Morgan fingerprint density at radius 1 is 1.17 bits per heavy atom. The molecule has 0 radical (unpaired) electrons.